The predicted molar refractivity (Wildman–Crippen MR) is 68.1 cm³/mol. The summed E-state index contributed by atoms with van der Waals surface area (Å²) in [5.74, 6) is 0.740. The van der Waals surface area contributed by atoms with Crippen molar-refractivity contribution < 1.29 is 9.63 Å². The van der Waals surface area contributed by atoms with Crippen LogP contribution in [0.5, 0.6) is 0 Å². The van der Waals surface area contributed by atoms with Gasteiger partial charge in [-0.1, -0.05) is 28.9 Å². The molecule has 1 aromatic heterocycles. The zero-order chi connectivity index (χ0) is 13.2. The standard InChI is InChI=1S/C12H14ClN3O2/c1-12(17,7-14)6-10-15-11(16-18-10)8-4-2-3-5-9(8)13/h2-5,17H,6-7,14H2,1H3. The van der Waals surface area contributed by atoms with E-state index in [-0.39, 0.29) is 13.0 Å². The van der Waals surface area contributed by atoms with Crippen LogP contribution in [0.25, 0.3) is 11.4 Å². The van der Waals surface area contributed by atoms with Crippen LogP contribution >= 0.6 is 11.6 Å². The maximum atomic E-state index is 9.83. The zero-order valence-corrected chi connectivity index (χ0v) is 10.7. The average Bonchev–Trinajstić information content (AvgIpc) is 2.77. The fraction of sp³-hybridized carbons (Fsp3) is 0.333. The third-order valence-corrected chi connectivity index (χ3v) is 2.88. The molecule has 1 unspecified atom stereocenters. The van der Waals surface area contributed by atoms with Gasteiger partial charge in [-0.15, -0.1) is 0 Å². The van der Waals surface area contributed by atoms with E-state index in [2.05, 4.69) is 10.1 Å². The van der Waals surface area contributed by atoms with Gasteiger partial charge in [0.15, 0.2) is 0 Å². The van der Waals surface area contributed by atoms with Crippen molar-refractivity contribution in [3.8, 4) is 11.4 Å². The first kappa shape index (κ1) is 13.0. The van der Waals surface area contributed by atoms with Gasteiger partial charge in [0.1, 0.15) is 0 Å². The summed E-state index contributed by atoms with van der Waals surface area (Å²) < 4.78 is 5.08. The van der Waals surface area contributed by atoms with Gasteiger partial charge in [0.25, 0.3) is 0 Å². The predicted octanol–water partition coefficient (Wildman–Crippen LogP) is 1.64. The van der Waals surface area contributed by atoms with Gasteiger partial charge in [0.2, 0.25) is 11.7 Å². The molecule has 1 aromatic carbocycles. The Bertz CT molecular complexity index is 540. The molecule has 3 N–H and O–H groups in total. The second-order valence-corrected chi connectivity index (χ2v) is 4.78. The van der Waals surface area contributed by atoms with E-state index in [9.17, 15) is 5.11 Å². The maximum Gasteiger partial charge on any atom is 0.229 e. The number of benzene rings is 1. The summed E-state index contributed by atoms with van der Waals surface area (Å²) >= 11 is 6.04. The van der Waals surface area contributed by atoms with E-state index in [1.165, 1.54) is 0 Å². The van der Waals surface area contributed by atoms with Gasteiger partial charge in [-0.25, -0.2) is 0 Å². The van der Waals surface area contributed by atoms with Crippen molar-refractivity contribution in [2.75, 3.05) is 6.54 Å². The topological polar surface area (TPSA) is 85.2 Å². The van der Waals surface area contributed by atoms with Crippen molar-refractivity contribution in [2.24, 2.45) is 5.73 Å². The van der Waals surface area contributed by atoms with Gasteiger partial charge >= 0.3 is 0 Å². The largest absolute Gasteiger partial charge is 0.388 e. The highest BCUT2D eigenvalue weighted by Crippen LogP contribution is 2.25. The smallest absolute Gasteiger partial charge is 0.229 e. The Labute approximate surface area is 110 Å². The minimum absolute atomic E-state index is 0.122. The molecule has 0 amide bonds. The molecule has 0 aliphatic carbocycles. The highest BCUT2D eigenvalue weighted by atomic mass is 35.5. The van der Waals surface area contributed by atoms with Crippen LogP contribution in [0.4, 0.5) is 0 Å². The Kier molecular flexibility index (Phi) is 3.65. The van der Waals surface area contributed by atoms with Gasteiger partial charge in [-0.3, -0.25) is 0 Å². The Morgan fingerprint density at radius 2 is 2.17 bits per heavy atom. The lowest BCUT2D eigenvalue weighted by atomic mass is 10.0. The molecule has 0 saturated carbocycles. The molecule has 0 aliphatic rings. The van der Waals surface area contributed by atoms with E-state index in [4.69, 9.17) is 21.9 Å². The number of nitrogens with two attached hydrogens (primary N) is 1. The number of aliphatic hydroxyl groups is 1. The fourth-order valence-corrected chi connectivity index (χ4v) is 1.70. The molecule has 0 saturated heterocycles. The molecule has 2 aromatic rings. The SMILES string of the molecule is CC(O)(CN)Cc1nc(-c2ccccc2Cl)no1. The van der Waals surface area contributed by atoms with Crippen molar-refractivity contribution in [1.82, 2.24) is 10.1 Å². The van der Waals surface area contributed by atoms with Crippen molar-refractivity contribution in [1.29, 1.82) is 0 Å². The summed E-state index contributed by atoms with van der Waals surface area (Å²) in [5, 5.41) is 14.2. The average molecular weight is 268 g/mol. The van der Waals surface area contributed by atoms with E-state index in [1.54, 1.807) is 19.1 Å². The van der Waals surface area contributed by atoms with Crippen molar-refractivity contribution in [2.45, 2.75) is 18.9 Å². The van der Waals surface area contributed by atoms with Crippen LogP contribution in [-0.2, 0) is 6.42 Å². The summed E-state index contributed by atoms with van der Waals surface area (Å²) in [7, 11) is 0. The molecule has 0 radical (unpaired) electrons. The van der Waals surface area contributed by atoms with E-state index >= 15 is 0 Å². The Hall–Kier alpha value is -1.43. The van der Waals surface area contributed by atoms with Gasteiger partial charge in [0, 0.05) is 12.1 Å². The van der Waals surface area contributed by atoms with Gasteiger partial charge in [-0.2, -0.15) is 4.98 Å². The van der Waals surface area contributed by atoms with Gasteiger partial charge < -0.3 is 15.4 Å². The monoisotopic (exact) mass is 267 g/mol. The third kappa shape index (κ3) is 2.87. The van der Waals surface area contributed by atoms with Crippen LogP contribution in [0.1, 0.15) is 12.8 Å². The molecule has 18 heavy (non-hydrogen) atoms. The first-order chi connectivity index (χ1) is 8.52. The zero-order valence-electron chi connectivity index (χ0n) is 9.93. The van der Waals surface area contributed by atoms with Gasteiger partial charge in [-0.05, 0) is 19.1 Å². The second kappa shape index (κ2) is 5.06. The summed E-state index contributed by atoms with van der Waals surface area (Å²) in [4.78, 5) is 4.20. The molecule has 1 atom stereocenters. The lowest BCUT2D eigenvalue weighted by Gasteiger charge is -2.17. The number of hydrogen-bond donors (Lipinski definition) is 2. The summed E-state index contributed by atoms with van der Waals surface area (Å²) in [5.41, 5.74) is 5.08. The molecule has 2 rings (SSSR count). The van der Waals surface area contributed by atoms with Crippen LogP contribution in [0.3, 0.4) is 0 Å². The quantitative estimate of drug-likeness (QED) is 0.880. The first-order valence-electron chi connectivity index (χ1n) is 5.52. The molecule has 5 nitrogen and oxygen atoms in total. The molecular formula is C12H14ClN3O2. The number of hydrogen-bond acceptors (Lipinski definition) is 5. The van der Waals surface area contributed by atoms with Crippen molar-refractivity contribution >= 4 is 11.6 Å². The number of aromatic nitrogens is 2. The number of nitrogens with zero attached hydrogens (tertiary/aromatic N) is 2. The van der Waals surface area contributed by atoms with Crippen LogP contribution in [0, 0.1) is 0 Å². The lowest BCUT2D eigenvalue weighted by molar-refractivity contribution is 0.0610. The summed E-state index contributed by atoms with van der Waals surface area (Å²) in [6, 6.07) is 7.22. The Balaban J connectivity index is 2.24. The van der Waals surface area contributed by atoms with Crippen molar-refractivity contribution in [3.05, 3.63) is 35.2 Å². The lowest BCUT2D eigenvalue weighted by Crippen LogP contribution is -2.36. The minimum atomic E-state index is -1.05. The second-order valence-electron chi connectivity index (χ2n) is 4.37. The molecule has 1 heterocycles. The summed E-state index contributed by atoms with van der Waals surface area (Å²) in [6.45, 7) is 1.74. The molecule has 6 heteroatoms. The first-order valence-corrected chi connectivity index (χ1v) is 5.89. The molecule has 0 fully saturated rings. The fourth-order valence-electron chi connectivity index (χ4n) is 1.48. The molecule has 0 aliphatic heterocycles. The Morgan fingerprint density at radius 1 is 1.44 bits per heavy atom. The third-order valence-electron chi connectivity index (χ3n) is 2.55. The van der Waals surface area contributed by atoms with E-state index in [0.29, 0.717) is 22.3 Å². The van der Waals surface area contributed by atoms with E-state index < -0.39 is 5.60 Å². The highest BCUT2D eigenvalue weighted by Gasteiger charge is 2.23. The molecular weight excluding hydrogens is 254 g/mol. The van der Waals surface area contributed by atoms with Crippen LogP contribution in [0.2, 0.25) is 5.02 Å². The van der Waals surface area contributed by atoms with Crippen LogP contribution < -0.4 is 5.73 Å². The highest BCUT2D eigenvalue weighted by molar-refractivity contribution is 6.33. The molecule has 0 bridgehead atoms. The normalized spacial score (nSPS) is 14.4. The van der Waals surface area contributed by atoms with Crippen molar-refractivity contribution in [3.63, 3.8) is 0 Å². The van der Waals surface area contributed by atoms with Crippen LogP contribution in [0.15, 0.2) is 28.8 Å². The van der Waals surface area contributed by atoms with Crippen LogP contribution in [-0.4, -0.2) is 27.4 Å². The summed E-state index contributed by atoms with van der Waals surface area (Å²) in [6.07, 6.45) is 0.209. The van der Waals surface area contributed by atoms with Gasteiger partial charge in [0.05, 0.1) is 17.0 Å². The van der Waals surface area contributed by atoms with E-state index in [0.717, 1.165) is 0 Å². The maximum absolute atomic E-state index is 9.83. The number of halogens is 1. The van der Waals surface area contributed by atoms with E-state index in [1.807, 2.05) is 12.1 Å². The minimum Gasteiger partial charge on any atom is -0.388 e. The Morgan fingerprint density at radius 3 is 2.83 bits per heavy atom. The molecule has 96 valence electrons. The molecule has 0 spiro atoms. The number of rotatable bonds is 4.